The quantitative estimate of drug-likeness (QED) is 0.442. The molecular formula is C17H28N2O2S. The molecule has 0 fully saturated rings. The van der Waals surface area contributed by atoms with Crippen molar-refractivity contribution >= 4 is 29.3 Å². The highest BCUT2D eigenvalue weighted by Crippen LogP contribution is 2.08. The Morgan fingerprint density at radius 1 is 1.23 bits per heavy atom. The maximum atomic E-state index is 11.9. The first-order valence-corrected chi connectivity index (χ1v) is 8.76. The van der Waals surface area contributed by atoms with Crippen LogP contribution in [0.5, 0.6) is 0 Å². The fraction of sp³-hybridized carbons (Fsp3) is 0.706. The summed E-state index contributed by atoms with van der Waals surface area (Å²) >= 11 is 5.06. The number of nitrogens with zero attached hydrogens (tertiary/aromatic N) is 1. The van der Waals surface area contributed by atoms with Crippen LogP contribution in [0.15, 0.2) is 17.1 Å². The standard InChI is InChI=1S/C17H28N2O2S/c1-2-3-4-5-6-7-13-21-14-9-12-18-16(20)15-10-8-11-19-17(15)22/h8,10-11,15H,2-7,9,12-14H2,1H3,(H,18,20). The first kappa shape index (κ1) is 19.0. The Morgan fingerprint density at radius 3 is 2.73 bits per heavy atom. The summed E-state index contributed by atoms with van der Waals surface area (Å²) in [5.41, 5.74) is 0. The molecule has 1 aliphatic rings. The Balaban J connectivity index is 1.91. The highest BCUT2D eigenvalue weighted by Gasteiger charge is 2.20. The molecule has 1 N–H and O–H groups in total. The lowest BCUT2D eigenvalue weighted by Gasteiger charge is -2.13. The summed E-state index contributed by atoms with van der Waals surface area (Å²) < 4.78 is 5.57. The van der Waals surface area contributed by atoms with E-state index in [2.05, 4.69) is 17.2 Å². The molecule has 1 atom stereocenters. The highest BCUT2D eigenvalue weighted by molar-refractivity contribution is 7.80. The van der Waals surface area contributed by atoms with E-state index in [1.54, 1.807) is 18.4 Å². The summed E-state index contributed by atoms with van der Waals surface area (Å²) in [4.78, 5) is 16.3. The molecule has 0 aromatic rings. The Labute approximate surface area is 139 Å². The molecule has 0 spiro atoms. The number of carbonyl (C=O) groups excluding carboxylic acids is 1. The number of carbonyl (C=O) groups is 1. The van der Waals surface area contributed by atoms with Crippen LogP contribution in [0.4, 0.5) is 0 Å². The van der Waals surface area contributed by atoms with Gasteiger partial charge >= 0.3 is 0 Å². The van der Waals surface area contributed by atoms with Crippen molar-refractivity contribution in [3.8, 4) is 0 Å². The van der Waals surface area contributed by atoms with Gasteiger partial charge in [-0.25, -0.2) is 4.99 Å². The van der Waals surface area contributed by atoms with Gasteiger partial charge < -0.3 is 10.1 Å². The summed E-state index contributed by atoms with van der Waals surface area (Å²) in [6, 6.07) is 0. The lowest BCUT2D eigenvalue weighted by atomic mass is 10.1. The zero-order valence-corrected chi connectivity index (χ0v) is 14.4. The van der Waals surface area contributed by atoms with Crippen LogP contribution in [-0.4, -0.2) is 36.9 Å². The van der Waals surface area contributed by atoms with Crippen molar-refractivity contribution in [1.82, 2.24) is 5.32 Å². The van der Waals surface area contributed by atoms with Gasteiger partial charge in [-0.2, -0.15) is 0 Å². The van der Waals surface area contributed by atoms with Crippen molar-refractivity contribution in [2.45, 2.75) is 51.9 Å². The average molecular weight is 324 g/mol. The molecule has 1 aliphatic heterocycles. The summed E-state index contributed by atoms with van der Waals surface area (Å²) in [6.45, 7) is 4.36. The Hall–Kier alpha value is -1.07. The van der Waals surface area contributed by atoms with E-state index < -0.39 is 5.92 Å². The van der Waals surface area contributed by atoms with Gasteiger partial charge in [0, 0.05) is 26.0 Å². The molecule has 1 unspecified atom stereocenters. The molecule has 1 heterocycles. The number of allylic oxidation sites excluding steroid dienone is 1. The lowest BCUT2D eigenvalue weighted by molar-refractivity contribution is -0.121. The number of amides is 1. The lowest BCUT2D eigenvalue weighted by Crippen LogP contribution is -2.34. The van der Waals surface area contributed by atoms with Gasteiger partial charge in [-0.15, -0.1) is 0 Å². The van der Waals surface area contributed by atoms with Gasteiger partial charge in [-0.3, -0.25) is 4.79 Å². The van der Waals surface area contributed by atoms with Crippen molar-refractivity contribution in [2.75, 3.05) is 19.8 Å². The Bertz CT molecular complexity index is 394. The van der Waals surface area contributed by atoms with Gasteiger partial charge in [0.1, 0.15) is 10.9 Å². The molecule has 0 aromatic heterocycles. The topological polar surface area (TPSA) is 50.7 Å². The average Bonchev–Trinajstić information content (AvgIpc) is 2.53. The van der Waals surface area contributed by atoms with Crippen LogP contribution in [-0.2, 0) is 9.53 Å². The van der Waals surface area contributed by atoms with Gasteiger partial charge in [0.2, 0.25) is 5.91 Å². The maximum absolute atomic E-state index is 11.9. The Kier molecular flexibility index (Phi) is 10.8. The molecule has 4 nitrogen and oxygen atoms in total. The van der Waals surface area contributed by atoms with Crippen molar-refractivity contribution in [3.05, 3.63) is 12.2 Å². The first-order chi connectivity index (χ1) is 10.8. The molecule has 0 saturated carbocycles. The minimum absolute atomic E-state index is 0.0750. The monoisotopic (exact) mass is 324 g/mol. The fourth-order valence-electron chi connectivity index (χ4n) is 2.22. The molecule has 0 saturated heterocycles. The van der Waals surface area contributed by atoms with Gasteiger partial charge in [-0.05, 0) is 18.9 Å². The molecule has 124 valence electrons. The second-order valence-electron chi connectivity index (χ2n) is 5.50. The normalized spacial score (nSPS) is 17.0. The SMILES string of the molecule is CCCCCCCCOCCCNC(=O)C1C=CC=NC1=S. The number of thiocarbonyl (C=S) groups is 1. The van der Waals surface area contributed by atoms with Crippen LogP contribution in [0.2, 0.25) is 0 Å². The van der Waals surface area contributed by atoms with Crippen LogP contribution in [0.3, 0.4) is 0 Å². The van der Waals surface area contributed by atoms with Crippen LogP contribution in [0, 0.1) is 5.92 Å². The van der Waals surface area contributed by atoms with E-state index in [1.165, 1.54) is 32.1 Å². The second-order valence-corrected chi connectivity index (χ2v) is 5.92. The Morgan fingerprint density at radius 2 is 1.95 bits per heavy atom. The largest absolute Gasteiger partial charge is 0.381 e. The predicted octanol–water partition coefficient (Wildman–Crippen LogP) is 3.45. The van der Waals surface area contributed by atoms with Crippen LogP contribution < -0.4 is 5.32 Å². The molecule has 5 heteroatoms. The maximum Gasteiger partial charge on any atom is 0.233 e. The molecule has 22 heavy (non-hydrogen) atoms. The van der Waals surface area contributed by atoms with E-state index in [1.807, 2.05) is 0 Å². The number of unbranched alkanes of at least 4 members (excludes halogenated alkanes) is 5. The van der Waals surface area contributed by atoms with E-state index in [-0.39, 0.29) is 5.91 Å². The number of aliphatic imine (C=N–C) groups is 1. The van der Waals surface area contributed by atoms with Gasteiger partial charge in [0.25, 0.3) is 0 Å². The van der Waals surface area contributed by atoms with Gasteiger partial charge in [0.15, 0.2) is 0 Å². The number of nitrogens with one attached hydrogen (secondary N) is 1. The third-order valence-electron chi connectivity index (χ3n) is 3.55. The molecular weight excluding hydrogens is 296 g/mol. The second kappa shape index (κ2) is 12.5. The van der Waals surface area contributed by atoms with E-state index in [4.69, 9.17) is 17.0 Å². The number of dihydropyridines is 1. The van der Waals surface area contributed by atoms with E-state index >= 15 is 0 Å². The van der Waals surface area contributed by atoms with E-state index in [9.17, 15) is 4.79 Å². The summed E-state index contributed by atoms with van der Waals surface area (Å²) in [6.07, 6.45) is 13.6. The third kappa shape index (κ3) is 8.39. The molecule has 0 bridgehead atoms. The third-order valence-corrected chi connectivity index (χ3v) is 3.91. The zero-order chi connectivity index (χ0) is 16.0. The smallest absolute Gasteiger partial charge is 0.233 e. The minimum atomic E-state index is -0.399. The fourth-order valence-corrected chi connectivity index (χ4v) is 2.47. The summed E-state index contributed by atoms with van der Waals surface area (Å²) in [5.74, 6) is -0.474. The van der Waals surface area contributed by atoms with Crippen LogP contribution >= 0.6 is 12.2 Å². The summed E-state index contributed by atoms with van der Waals surface area (Å²) in [7, 11) is 0. The number of hydrogen-bond donors (Lipinski definition) is 1. The first-order valence-electron chi connectivity index (χ1n) is 8.36. The van der Waals surface area contributed by atoms with Crippen LogP contribution in [0.25, 0.3) is 0 Å². The van der Waals surface area contributed by atoms with Crippen LogP contribution in [0.1, 0.15) is 51.9 Å². The van der Waals surface area contributed by atoms with E-state index in [0.717, 1.165) is 19.4 Å². The zero-order valence-electron chi connectivity index (χ0n) is 13.6. The molecule has 1 rings (SSSR count). The number of hydrogen-bond acceptors (Lipinski definition) is 3. The molecule has 0 aromatic carbocycles. The van der Waals surface area contributed by atoms with Gasteiger partial charge in [0.05, 0.1) is 0 Å². The minimum Gasteiger partial charge on any atom is -0.381 e. The van der Waals surface area contributed by atoms with Crippen molar-refractivity contribution < 1.29 is 9.53 Å². The number of ether oxygens (including phenoxy) is 1. The van der Waals surface area contributed by atoms with Crippen molar-refractivity contribution in [1.29, 1.82) is 0 Å². The van der Waals surface area contributed by atoms with Crippen molar-refractivity contribution in [3.63, 3.8) is 0 Å². The summed E-state index contributed by atoms with van der Waals surface area (Å²) in [5, 5.41) is 2.88. The molecule has 1 amide bonds. The molecule has 0 radical (unpaired) electrons. The predicted molar refractivity (Wildman–Crippen MR) is 95.5 cm³/mol. The highest BCUT2D eigenvalue weighted by atomic mass is 32.1. The van der Waals surface area contributed by atoms with Gasteiger partial charge in [-0.1, -0.05) is 57.3 Å². The number of rotatable bonds is 12. The van der Waals surface area contributed by atoms with E-state index in [0.29, 0.717) is 18.1 Å². The van der Waals surface area contributed by atoms with Crippen molar-refractivity contribution in [2.24, 2.45) is 10.9 Å². The molecule has 0 aliphatic carbocycles.